The Labute approximate surface area is 213 Å². The lowest BCUT2D eigenvalue weighted by molar-refractivity contribution is 0.620. The number of nitrogens with zero attached hydrogens (tertiary/aromatic N) is 3. The van der Waals surface area contributed by atoms with E-state index in [1.165, 1.54) is 0 Å². The summed E-state index contributed by atoms with van der Waals surface area (Å²) in [5.41, 5.74) is 10.3. The highest BCUT2D eigenvalue weighted by atomic mass is 16.3. The van der Waals surface area contributed by atoms with Gasteiger partial charge in [0.2, 0.25) is 5.89 Å². The first kappa shape index (κ1) is 21.2. The zero-order valence-electron chi connectivity index (χ0n) is 19.9. The van der Waals surface area contributed by atoms with Crippen molar-refractivity contribution in [3.63, 3.8) is 0 Å². The van der Waals surface area contributed by atoms with E-state index < -0.39 is 0 Å². The quantitative estimate of drug-likeness (QED) is 0.256. The van der Waals surface area contributed by atoms with E-state index >= 15 is 0 Å². The molecule has 0 amide bonds. The van der Waals surface area contributed by atoms with E-state index in [1.54, 1.807) is 0 Å². The van der Waals surface area contributed by atoms with Gasteiger partial charge in [-0.1, -0.05) is 91.0 Å². The second kappa shape index (κ2) is 8.85. The maximum Gasteiger partial charge on any atom is 0.227 e. The third kappa shape index (κ3) is 3.85. The summed E-state index contributed by atoms with van der Waals surface area (Å²) in [6, 6.07) is 42.8. The van der Waals surface area contributed by atoms with Gasteiger partial charge in [0.1, 0.15) is 5.52 Å². The zero-order chi connectivity index (χ0) is 24.6. The van der Waals surface area contributed by atoms with E-state index in [1.807, 2.05) is 66.7 Å². The largest absolute Gasteiger partial charge is 0.436 e. The lowest BCUT2D eigenvalue weighted by Gasteiger charge is -2.14. The fourth-order valence-electron chi connectivity index (χ4n) is 4.71. The molecule has 0 aliphatic heterocycles. The van der Waals surface area contributed by atoms with Crippen LogP contribution in [0.3, 0.4) is 0 Å². The van der Waals surface area contributed by atoms with Crippen LogP contribution in [0.2, 0.25) is 0 Å². The molecular weight excluding hydrogens is 454 g/mol. The Morgan fingerprint density at radius 2 is 0.946 bits per heavy atom. The smallest absolute Gasteiger partial charge is 0.227 e. The van der Waals surface area contributed by atoms with Crippen molar-refractivity contribution in [3.8, 4) is 45.1 Å². The van der Waals surface area contributed by atoms with Crippen molar-refractivity contribution in [1.82, 2.24) is 15.0 Å². The maximum atomic E-state index is 5.97. The fourth-order valence-corrected chi connectivity index (χ4v) is 4.71. The monoisotopic (exact) mass is 475 g/mol. The molecule has 2 heterocycles. The van der Waals surface area contributed by atoms with Crippen LogP contribution in [-0.2, 0) is 0 Å². The van der Waals surface area contributed by atoms with Crippen LogP contribution in [-0.4, -0.2) is 15.0 Å². The van der Waals surface area contributed by atoms with Gasteiger partial charge in [0.05, 0.1) is 22.4 Å². The SMILES string of the molecule is c1ccc(-c2nc3ccccc3nc2-c2ccccc2-c2ccc(-c3nc4ccccc4o3)cc2)cc1. The summed E-state index contributed by atoms with van der Waals surface area (Å²) in [4.78, 5) is 14.8. The first-order chi connectivity index (χ1) is 18.3. The third-order valence-electron chi connectivity index (χ3n) is 6.54. The Morgan fingerprint density at radius 1 is 0.378 bits per heavy atom. The predicted octanol–water partition coefficient (Wildman–Crippen LogP) is 8.44. The summed E-state index contributed by atoms with van der Waals surface area (Å²) in [6.07, 6.45) is 0. The van der Waals surface area contributed by atoms with Gasteiger partial charge in [0.15, 0.2) is 5.58 Å². The molecule has 0 saturated carbocycles. The normalized spacial score (nSPS) is 11.2. The van der Waals surface area contributed by atoms with Crippen LogP contribution in [0, 0.1) is 0 Å². The Kier molecular flexibility index (Phi) is 5.07. The molecule has 0 aliphatic rings. The molecule has 4 nitrogen and oxygen atoms in total. The van der Waals surface area contributed by atoms with Gasteiger partial charge in [-0.25, -0.2) is 15.0 Å². The Balaban J connectivity index is 1.36. The minimum absolute atomic E-state index is 0.618. The lowest BCUT2D eigenvalue weighted by Crippen LogP contribution is -1.97. The number of hydrogen-bond acceptors (Lipinski definition) is 4. The number of rotatable bonds is 4. The molecular formula is C33H21N3O. The number of oxazole rings is 1. The molecule has 0 saturated heterocycles. The van der Waals surface area contributed by atoms with Crippen molar-refractivity contribution in [1.29, 1.82) is 0 Å². The number of hydrogen-bond donors (Lipinski definition) is 0. The van der Waals surface area contributed by atoms with Crippen LogP contribution in [0.4, 0.5) is 0 Å². The highest BCUT2D eigenvalue weighted by molar-refractivity contribution is 5.92. The van der Waals surface area contributed by atoms with Crippen molar-refractivity contribution >= 4 is 22.1 Å². The first-order valence-corrected chi connectivity index (χ1v) is 12.2. The summed E-state index contributed by atoms with van der Waals surface area (Å²) in [6.45, 7) is 0. The molecule has 7 rings (SSSR count). The maximum absolute atomic E-state index is 5.97. The van der Waals surface area contributed by atoms with Gasteiger partial charge < -0.3 is 4.42 Å². The van der Waals surface area contributed by atoms with Gasteiger partial charge in [0, 0.05) is 16.7 Å². The number of aromatic nitrogens is 3. The van der Waals surface area contributed by atoms with Gasteiger partial charge >= 0.3 is 0 Å². The Hall–Kier alpha value is -5.09. The molecule has 7 aromatic rings. The van der Waals surface area contributed by atoms with E-state index in [0.29, 0.717) is 5.89 Å². The predicted molar refractivity (Wildman–Crippen MR) is 149 cm³/mol. The second-order valence-corrected chi connectivity index (χ2v) is 8.89. The van der Waals surface area contributed by atoms with Crippen LogP contribution in [0.15, 0.2) is 132 Å². The van der Waals surface area contributed by atoms with E-state index in [9.17, 15) is 0 Å². The molecule has 0 bridgehead atoms. The topological polar surface area (TPSA) is 51.8 Å². The lowest BCUT2D eigenvalue weighted by atomic mass is 9.94. The molecule has 4 heteroatoms. The van der Waals surface area contributed by atoms with E-state index in [-0.39, 0.29) is 0 Å². The van der Waals surface area contributed by atoms with E-state index in [0.717, 1.165) is 61.3 Å². The van der Waals surface area contributed by atoms with Crippen molar-refractivity contribution < 1.29 is 4.42 Å². The molecule has 0 N–H and O–H groups in total. The highest BCUT2D eigenvalue weighted by Crippen LogP contribution is 2.37. The van der Waals surface area contributed by atoms with Gasteiger partial charge in [-0.05, 0) is 47.5 Å². The molecule has 37 heavy (non-hydrogen) atoms. The first-order valence-electron chi connectivity index (χ1n) is 12.2. The molecule has 0 spiro atoms. The van der Waals surface area contributed by atoms with Crippen molar-refractivity contribution in [2.75, 3.05) is 0 Å². The molecule has 0 atom stereocenters. The molecule has 0 radical (unpaired) electrons. The summed E-state index contributed by atoms with van der Waals surface area (Å²) in [7, 11) is 0. The van der Waals surface area contributed by atoms with Crippen molar-refractivity contribution in [2.24, 2.45) is 0 Å². The highest BCUT2D eigenvalue weighted by Gasteiger charge is 2.17. The van der Waals surface area contributed by atoms with E-state index in [4.69, 9.17) is 14.4 Å². The van der Waals surface area contributed by atoms with Crippen LogP contribution in [0.25, 0.3) is 67.2 Å². The average molecular weight is 476 g/mol. The molecule has 0 unspecified atom stereocenters. The van der Waals surface area contributed by atoms with Crippen LogP contribution in [0.1, 0.15) is 0 Å². The van der Waals surface area contributed by atoms with Crippen LogP contribution < -0.4 is 0 Å². The Bertz CT molecular complexity index is 1840. The summed E-state index contributed by atoms with van der Waals surface area (Å²) < 4.78 is 5.97. The van der Waals surface area contributed by atoms with E-state index in [2.05, 4.69) is 65.6 Å². The van der Waals surface area contributed by atoms with Crippen molar-refractivity contribution in [3.05, 3.63) is 127 Å². The van der Waals surface area contributed by atoms with Gasteiger partial charge in [0.25, 0.3) is 0 Å². The number of fused-ring (bicyclic) bond motifs is 2. The zero-order valence-corrected chi connectivity index (χ0v) is 19.9. The molecule has 0 fully saturated rings. The van der Waals surface area contributed by atoms with Gasteiger partial charge in [-0.3, -0.25) is 0 Å². The minimum atomic E-state index is 0.618. The Morgan fingerprint density at radius 3 is 1.68 bits per heavy atom. The molecule has 0 aliphatic carbocycles. The third-order valence-corrected chi connectivity index (χ3v) is 6.54. The minimum Gasteiger partial charge on any atom is -0.436 e. The van der Waals surface area contributed by atoms with Crippen molar-refractivity contribution in [2.45, 2.75) is 0 Å². The molecule has 174 valence electrons. The number of benzene rings is 5. The van der Waals surface area contributed by atoms with Crippen LogP contribution >= 0.6 is 0 Å². The summed E-state index contributed by atoms with van der Waals surface area (Å²) >= 11 is 0. The second-order valence-electron chi connectivity index (χ2n) is 8.89. The molecule has 5 aromatic carbocycles. The summed E-state index contributed by atoms with van der Waals surface area (Å²) in [5.74, 6) is 0.618. The van der Waals surface area contributed by atoms with Gasteiger partial charge in [-0.15, -0.1) is 0 Å². The van der Waals surface area contributed by atoms with Gasteiger partial charge in [-0.2, -0.15) is 0 Å². The standard InChI is InChI=1S/C33H21N3O/c1-2-10-23(11-3-1)31-32(35-28-15-7-6-14-27(28)34-31)26-13-5-4-12-25(26)22-18-20-24(21-19-22)33-36-29-16-8-9-17-30(29)37-33/h1-21H. The summed E-state index contributed by atoms with van der Waals surface area (Å²) in [5, 5.41) is 0. The number of para-hydroxylation sites is 4. The van der Waals surface area contributed by atoms with Crippen LogP contribution in [0.5, 0.6) is 0 Å². The fraction of sp³-hybridized carbons (Fsp3) is 0. The average Bonchev–Trinajstić information content (AvgIpc) is 3.42. The molecule has 2 aromatic heterocycles.